The van der Waals surface area contributed by atoms with Gasteiger partial charge < -0.3 is 10.6 Å². The van der Waals surface area contributed by atoms with Crippen LogP contribution in [0.25, 0.3) is 0 Å². The minimum absolute atomic E-state index is 0.756. The van der Waals surface area contributed by atoms with Crippen molar-refractivity contribution in [3.63, 3.8) is 0 Å². The van der Waals surface area contributed by atoms with Gasteiger partial charge in [0.25, 0.3) is 0 Å². The molecular formula is C11H24N2S. The number of hydrogen-bond donors (Lipinski definition) is 1. The highest BCUT2D eigenvalue weighted by atomic mass is 32.2. The Bertz CT molecular complexity index is 141. The van der Waals surface area contributed by atoms with E-state index in [1.54, 1.807) is 0 Å². The fourth-order valence-corrected chi connectivity index (χ4v) is 2.56. The third-order valence-electron chi connectivity index (χ3n) is 3.01. The average molecular weight is 216 g/mol. The van der Waals surface area contributed by atoms with Crippen molar-refractivity contribution in [2.45, 2.75) is 25.7 Å². The van der Waals surface area contributed by atoms with Crippen molar-refractivity contribution < 1.29 is 0 Å². The van der Waals surface area contributed by atoms with Crippen LogP contribution in [0.3, 0.4) is 0 Å². The first-order valence-corrected chi connectivity index (χ1v) is 7.17. The summed E-state index contributed by atoms with van der Waals surface area (Å²) in [5.74, 6) is 2.05. The molecule has 1 atom stereocenters. The second-order valence-corrected chi connectivity index (χ2v) is 5.23. The van der Waals surface area contributed by atoms with Crippen molar-refractivity contribution in [2.75, 3.05) is 38.2 Å². The molecule has 0 aromatic heterocycles. The van der Waals surface area contributed by atoms with E-state index < -0.39 is 0 Å². The normalized spacial score (nSPS) is 24.9. The maximum absolute atomic E-state index is 5.76. The van der Waals surface area contributed by atoms with Crippen molar-refractivity contribution in [3.8, 4) is 0 Å². The number of nitrogens with two attached hydrogens (primary N) is 1. The molecule has 1 aliphatic heterocycles. The lowest BCUT2D eigenvalue weighted by Gasteiger charge is -2.23. The van der Waals surface area contributed by atoms with E-state index in [0.717, 1.165) is 12.5 Å². The number of likely N-dealkylation sites (tertiary alicyclic amines) is 1. The van der Waals surface area contributed by atoms with Gasteiger partial charge in [-0.15, -0.1) is 0 Å². The first-order valence-electron chi connectivity index (χ1n) is 5.78. The molecule has 2 nitrogen and oxygen atoms in total. The zero-order chi connectivity index (χ0) is 10.2. The summed E-state index contributed by atoms with van der Waals surface area (Å²) in [6, 6.07) is 0. The number of rotatable bonds is 5. The first kappa shape index (κ1) is 12.3. The SMILES string of the molecule is CSCCCN1CCCCC(CN)C1. The van der Waals surface area contributed by atoms with Crippen LogP contribution in [-0.2, 0) is 0 Å². The lowest BCUT2D eigenvalue weighted by Crippen LogP contribution is -2.32. The Morgan fingerprint density at radius 2 is 2.29 bits per heavy atom. The monoisotopic (exact) mass is 216 g/mol. The van der Waals surface area contributed by atoms with Crippen LogP contribution in [0.5, 0.6) is 0 Å². The van der Waals surface area contributed by atoms with Gasteiger partial charge in [-0.25, -0.2) is 0 Å². The topological polar surface area (TPSA) is 29.3 Å². The number of hydrogen-bond acceptors (Lipinski definition) is 3. The third-order valence-corrected chi connectivity index (χ3v) is 3.71. The Morgan fingerprint density at radius 3 is 3.00 bits per heavy atom. The van der Waals surface area contributed by atoms with Gasteiger partial charge in [-0.3, -0.25) is 0 Å². The van der Waals surface area contributed by atoms with Crippen LogP contribution < -0.4 is 5.73 Å². The number of thioether (sulfide) groups is 1. The van der Waals surface area contributed by atoms with Gasteiger partial charge in [0.2, 0.25) is 0 Å². The molecule has 2 N–H and O–H groups in total. The molecule has 1 fully saturated rings. The molecule has 14 heavy (non-hydrogen) atoms. The molecule has 1 unspecified atom stereocenters. The second kappa shape index (κ2) is 7.55. The Hall–Kier alpha value is 0.270. The Kier molecular flexibility index (Phi) is 6.65. The van der Waals surface area contributed by atoms with Crippen molar-refractivity contribution >= 4 is 11.8 Å². The van der Waals surface area contributed by atoms with Crippen molar-refractivity contribution in [2.24, 2.45) is 11.7 Å². The second-order valence-electron chi connectivity index (χ2n) is 4.24. The van der Waals surface area contributed by atoms with Crippen molar-refractivity contribution in [1.29, 1.82) is 0 Å². The molecule has 0 aromatic rings. The highest BCUT2D eigenvalue weighted by Crippen LogP contribution is 2.15. The molecule has 84 valence electrons. The van der Waals surface area contributed by atoms with E-state index in [9.17, 15) is 0 Å². The van der Waals surface area contributed by atoms with Gasteiger partial charge in [0.1, 0.15) is 0 Å². The summed E-state index contributed by atoms with van der Waals surface area (Å²) in [6.07, 6.45) is 7.61. The molecule has 1 aliphatic rings. The van der Waals surface area contributed by atoms with Crippen LogP contribution >= 0.6 is 11.8 Å². The van der Waals surface area contributed by atoms with Gasteiger partial charge in [0, 0.05) is 6.54 Å². The molecule has 1 heterocycles. The Labute approximate surface area is 92.6 Å². The highest BCUT2D eigenvalue weighted by Gasteiger charge is 2.15. The predicted octanol–water partition coefficient (Wildman–Crippen LogP) is 1.80. The van der Waals surface area contributed by atoms with Gasteiger partial charge in [0.15, 0.2) is 0 Å². The molecule has 3 heteroatoms. The van der Waals surface area contributed by atoms with E-state index in [0.29, 0.717) is 0 Å². The van der Waals surface area contributed by atoms with E-state index >= 15 is 0 Å². The smallest absolute Gasteiger partial charge is 0.00217 e. The summed E-state index contributed by atoms with van der Waals surface area (Å²) in [5.41, 5.74) is 5.76. The molecule has 0 aliphatic carbocycles. The minimum atomic E-state index is 0.756. The van der Waals surface area contributed by atoms with Gasteiger partial charge in [-0.2, -0.15) is 11.8 Å². The van der Waals surface area contributed by atoms with E-state index in [-0.39, 0.29) is 0 Å². The van der Waals surface area contributed by atoms with Crippen LogP contribution in [0.4, 0.5) is 0 Å². The summed E-state index contributed by atoms with van der Waals surface area (Å²) in [5, 5.41) is 0. The first-order chi connectivity index (χ1) is 6.86. The summed E-state index contributed by atoms with van der Waals surface area (Å²) in [7, 11) is 0. The highest BCUT2D eigenvalue weighted by molar-refractivity contribution is 7.98. The number of nitrogens with zero attached hydrogens (tertiary/aromatic N) is 1. The standard InChI is InChI=1S/C11H24N2S/c1-14-8-4-7-13-6-3-2-5-11(9-12)10-13/h11H,2-10,12H2,1H3. The van der Waals surface area contributed by atoms with Crippen molar-refractivity contribution in [3.05, 3.63) is 0 Å². The molecule has 0 aromatic carbocycles. The van der Waals surface area contributed by atoms with Gasteiger partial charge >= 0.3 is 0 Å². The van der Waals surface area contributed by atoms with Gasteiger partial charge in [-0.05, 0) is 56.8 Å². The molecule has 0 spiro atoms. The molecule has 1 saturated heterocycles. The van der Waals surface area contributed by atoms with Crippen LogP contribution in [-0.4, -0.2) is 43.1 Å². The molecular weight excluding hydrogens is 192 g/mol. The van der Waals surface area contributed by atoms with Crippen LogP contribution in [0.1, 0.15) is 25.7 Å². The predicted molar refractivity (Wildman–Crippen MR) is 65.8 cm³/mol. The van der Waals surface area contributed by atoms with Gasteiger partial charge in [-0.1, -0.05) is 6.42 Å². The molecule has 0 bridgehead atoms. The van der Waals surface area contributed by atoms with Crippen LogP contribution in [0.15, 0.2) is 0 Å². The lowest BCUT2D eigenvalue weighted by molar-refractivity contribution is 0.252. The molecule has 0 radical (unpaired) electrons. The van der Waals surface area contributed by atoms with E-state index in [1.165, 1.54) is 51.1 Å². The van der Waals surface area contributed by atoms with E-state index in [1.807, 2.05) is 11.8 Å². The average Bonchev–Trinajstić information content (AvgIpc) is 2.43. The zero-order valence-electron chi connectivity index (χ0n) is 9.37. The molecule has 0 saturated carbocycles. The van der Waals surface area contributed by atoms with E-state index in [2.05, 4.69) is 11.2 Å². The molecule has 0 amide bonds. The largest absolute Gasteiger partial charge is 0.330 e. The Balaban J connectivity index is 2.20. The van der Waals surface area contributed by atoms with Crippen LogP contribution in [0.2, 0.25) is 0 Å². The fourth-order valence-electron chi connectivity index (χ4n) is 2.14. The summed E-state index contributed by atoms with van der Waals surface area (Å²) in [6.45, 7) is 4.69. The maximum Gasteiger partial charge on any atom is 0.00217 e. The van der Waals surface area contributed by atoms with E-state index in [4.69, 9.17) is 5.73 Å². The van der Waals surface area contributed by atoms with Crippen LogP contribution in [0, 0.1) is 5.92 Å². The van der Waals surface area contributed by atoms with Crippen molar-refractivity contribution in [1.82, 2.24) is 4.90 Å². The summed E-state index contributed by atoms with van der Waals surface area (Å²) >= 11 is 1.95. The maximum atomic E-state index is 5.76. The minimum Gasteiger partial charge on any atom is -0.330 e. The quantitative estimate of drug-likeness (QED) is 0.711. The summed E-state index contributed by atoms with van der Waals surface area (Å²) < 4.78 is 0. The van der Waals surface area contributed by atoms with Gasteiger partial charge in [0.05, 0.1) is 0 Å². The Morgan fingerprint density at radius 1 is 1.43 bits per heavy atom. The summed E-state index contributed by atoms with van der Waals surface area (Å²) in [4.78, 5) is 2.61. The third kappa shape index (κ3) is 4.67. The molecule has 1 rings (SSSR count). The zero-order valence-corrected chi connectivity index (χ0v) is 10.2. The lowest BCUT2D eigenvalue weighted by atomic mass is 10.0. The fraction of sp³-hybridized carbons (Fsp3) is 1.00.